The molecule has 0 aliphatic carbocycles. The maximum Gasteiger partial charge on any atom is 0.289 e. The molecular formula is C18H15FN2O3S. The summed E-state index contributed by atoms with van der Waals surface area (Å²) in [7, 11) is 0. The zero-order chi connectivity index (χ0) is 17.8. The fraction of sp³-hybridized carbons (Fsp3) is 0.167. The molecule has 1 fully saturated rings. The Morgan fingerprint density at radius 2 is 1.88 bits per heavy atom. The van der Waals surface area contributed by atoms with E-state index in [-0.39, 0.29) is 41.6 Å². The Hall–Kier alpha value is -2.67. The molecule has 0 unspecified atom stereocenters. The first kappa shape index (κ1) is 17.2. The number of thioether (sulfide) groups is 1. The number of anilines is 1. The third-order valence-electron chi connectivity index (χ3n) is 3.67. The smallest absolute Gasteiger partial charge is 0.289 e. The summed E-state index contributed by atoms with van der Waals surface area (Å²) in [6, 6.07) is 12.8. The van der Waals surface area contributed by atoms with Gasteiger partial charge in [-0.3, -0.25) is 19.3 Å². The SMILES string of the molecule is O=C(Cc1cccc(F)c1)Nc1ccc(CN2C(=O)CSC2=O)cc1. The summed E-state index contributed by atoms with van der Waals surface area (Å²) in [6.07, 6.45) is 0.0769. The number of carbonyl (C=O) groups is 3. The minimum atomic E-state index is -0.376. The lowest BCUT2D eigenvalue weighted by Crippen LogP contribution is -2.27. The van der Waals surface area contributed by atoms with Gasteiger partial charge in [0.05, 0.1) is 18.7 Å². The molecule has 3 amide bonds. The summed E-state index contributed by atoms with van der Waals surface area (Å²) in [6.45, 7) is 0.224. The van der Waals surface area contributed by atoms with Crippen LogP contribution < -0.4 is 5.32 Å². The molecule has 25 heavy (non-hydrogen) atoms. The van der Waals surface area contributed by atoms with Crippen LogP contribution in [-0.4, -0.2) is 27.7 Å². The Kier molecular flexibility index (Phi) is 5.14. The summed E-state index contributed by atoms with van der Waals surface area (Å²) in [5, 5.41) is 2.50. The fourth-order valence-electron chi connectivity index (χ4n) is 2.45. The largest absolute Gasteiger partial charge is 0.326 e. The molecule has 0 aromatic heterocycles. The van der Waals surface area contributed by atoms with Crippen LogP contribution in [0.3, 0.4) is 0 Å². The van der Waals surface area contributed by atoms with Crippen molar-refractivity contribution in [3.8, 4) is 0 Å². The third-order valence-corrected chi connectivity index (χ3v) is 4.53. The molecule has 1 saturated heterocycles. The van der Waals surface area contributed by atoms with Gasteiger partial charge < -0.3 is 5.32 Å². The van der Waals surface area contributed by atoms with Gasteiger partial charge in [0, 0.05) is 5.69 Å². The van der Waals surface area contributed by atoms with Gasteiger partial charge in [-0.05, 0) is 35.4 Å². The molecule has 2 aromatic rings. The van der Waals surface area contributed by atoms with Crippen molar-refractivity contribution in [1.29, 1.82) is 0 Å². The van der Waals surface area contributed by atoms with Crippen molar-refractivity contribution < 1.29 is 18.8 Å². The van der Waals surface area contributed by atoms with Gasteiger partial charge in [0.1, 0.15) is 5.82 Å². The van der Waals surface area contributed by atoms with Crippen LogP contribution in [0.15, 0.2) is 48.5 Å². The van der Waals surface area contributed by atoms with Crippen molar-refractivity contribution in [3.63, 3.8) is 0 Å². The summed E-state index contributed by atoms with van der Waals surface area (Å²) in [5.41, 5.74) is 1.99. The van der Waals surface area contributed by atoms with Crippen LogP contribution in [0.2, 0.25) is 0 Å². The van der Waals surface area contributed by atoms with Gasteiger partial charge in [-0.15, -0.1) is 0 Å². The van der Waals surface area contributed by atoms with Crippen molar-refractivity contribution in [2.45, 2.75) is 13.0 Å². The monoisotopic (exact) mass is 358 g/mol. The summed E-state index contributed by atoms with van der Waals surface area (Å²) in [5.74, 6) is -0.631. The molecule has 3 rings (SSSR count). The predicted octanol–water partition coefficient (Wildman–Crippen LogP) is 3.20. The van der Waals surface area contributed by atoms with Crippen molar-refractivity contribution in [3.05, 3.63) is 65.5 Å². The highest BCUT2D eigenvalue weighted by atomic mass is 32.2. The Morgan fingerprint density at radius 3 is 2.52 bits per heavy atom. The van der Waals surface area contributed by atoms with Crippen molar-refractivity contribution in [1.82, 2.24) is 4.90 Å². The summed E-state index contributed by atoms with van der Waals surface area (Å²) in [4.78, 5) is 36.4. The molecule has 5 nitrogen and oxygen atoms in total. The normalized spacial score (nSPS) is 14.0. The highest BCUT2D eigenvalue weighted by Gasteiger charge is 2.29. The van der Waals surface area contributed by atoms with Crippen LogP contribution in [0.1, 0.15) is 11.1 Å². The number of amides is 3. The lowest BCUT2D eigenvalue weighted by atomic mass is 10.1. The first-order valence-corrected chi connectivity index (χ1v) is 8.60. The van der Waals surface area contributed by atoms with Gasteiger partial charge >= 0.3 is 0 Å². The van der Waals surface area contributed by atoms with Gasteiger partial charge in [-0.25, -0.2) is 4.39 Å². The molecule has 0 radical (unpaired) electrons. The van der Waals surface area contributed by atoms with E-state index in [4.69, 9.17) is 0 Å². The number of imide groups is 1. The van der Waals surface area contributed by atoms with Gasteiger partial charge in [0.15, 0.2) is 0 Å². The van der Waals surface area contributed by atoms with E-state index in [0.29, 0.717) is 11.3 Å². The lowest BCUT2D eigenvalue weighted by Gasteiger charge is -2.13. The maximum atomic E-state index is 13.1. The molecule has 7 heteroatoms. The van der Waals surface area contributed by atoms with Crippen molar-refractivity contribution in [2.24, 2.45) is 0 Å². The van der Waals surface area contributed by atoms with Gasteiger partial charge in [0.2, 0.25) is 11.8 Å². The molecule has 1 heterocycles. The second-order valence-corrected chi connectivity index (χ2v) is 6.51. The van der Waals surface area contributed by atoms with E-state index < -0.39 is 0 Å². The first-order chi connectivity index (χ1) is 12.0. The molecule has 1 aliphatic heterocycles. The average molecular weight is 358 g/mol. The van der Waals surface area contributed by atoms with E-state index in [2.05, 4.69) is 5.32 Å². The molecule has 0 bridgehead atoms. The van der Waals surface area contributed by atoms with Gasteiger partial charge in [-0.1, -0.05) is 36.0 Å². The number of hydrogen-bond donors (Lipinski definition) is 1. The second kappa shape index (κ2) is 7.48. The molecule has 0 atom stereocenters. The highest BCUT2D eigenvalue weighted by molar-refractivity contribution is 8.14. The van der Waals surface area contributed by atoms with Crippen LogP contribution >= 0.6 is 11.8 Å². The fourth-order valence-corrected chi connectivity index (χ4v) is 3.17. The number of halogens is 1. The highest BCUT2D eigenvalue weighted by Crippen LogP contribution is 2.22. The van der Waals surface area contributed by atoms with E-state index in [1.165, 1.54) is 17.0 Å². The molecule has 2 aromatic carbocycles. The first-order valence-electron chi connectivity index (χ1n) is 7.61. The quantitative estimate of drug-likeness (QED) is 0.891. The zero-order valence-electron chi connectivity index (χ0n) is 13.2. The number of nitrogens with zero attached hydrogens (tertiary/aromatic N) is 1. The van der Waals surface area contributed by atoms with E-state index in [0.717, 1.165) is 17.3 Å². The van der Waals surface area contributed by atoms with Crippen LogP contribution in [0, 0.1) is 5.82 Å². The predicted molar refractivity (Wildman–Crippen MR) is 93.6 cm³/mol. The van der Waals surface area contributed by atoms with Gasteiger partial charge in [-0.2, -0.15) is 0 Å². The van der Waals surface area contributed by atoms with Crippen LogP contribution in [0.25, 0.3) is 0 Å². The van der Waals surface area contributed by atoms with Crippen LogP contribution in [-0.2, 0) is 22.6 Å². The number of benzene rings is 2. The van der Waals surface area contributed by atoms with E-state index in [1.54, 1.807) is 36.4 Å². The number of hydrogen-bond acceptors (Lipinski definition) is 4. The molecule has 0 saturated carbocycles. The minimum absolute atomic E-state index is 0.0769. The van der Waals surface area contributed by atoms with Gasteiger partial charge in [0.25, 0.3) is 5.24 Å². The topological polar surface area (TPSA) is 66.5 Å². The Balaban J connectivity index is 1.58. The molecular weight excluding hydrogens is 343 g/mol. The standard InChI is InChI=1S/C18H15FN2O3S/c19-14-3-1-2-13(8-14)9-16(22)20-15-6-4-12(5-7-15)10-21-17(23)11-25-18(21)24/h1-8H,9-11H2,(H,20,22). The Morgan fingerprint density at radius 1 is 1.12 bits per heavy atom. The van der Waals surface area contributed by atoms with Crippen LogP contribution in [0.4, 0.5) is 14.9 Å². The summed E-state index contributed by atoms with van der Waals surface area (Å²) < 4.78 is 13.1. The van der Waals surface area contributed by atoms with Crippen molar-refractivity contribution in [2.75, 3.05) is 11.1 Å². The van der Waals surface area contributed by atoms with E-state index in [9.17, 15) is 18.8 Å². The zero-order valence-corrected chi connectivity index (χ0v) is 14.0. The number of rotatable bonds is 5. The molecule has 128 valence electrons. The summed E-state index contributed by atoms with van der Waals surface area (Å²) >= 11 is 1.000. The van der Waals surface area contributed by atoms with Crippen LogP contribution in [0.5, 0.6) is 0 Å². The van der Waals surface area contributed by atoms with E-state index in [1.807, 2.05) is 0 Å². The molecule has 1 N–H and O–H groups in total. The Bertz CT molecular complexity index is 807. The number of carbonyl (C=O) groups excluding carboxylic acids is 3. The minimum Gasteiger partial charge on any atom is -0.326 e. The lowest BCUT2D eigenvalue weighted by molar-refractivity contribution is -0.125. The van der Waals surface area contributed by atoms with E-state index >= 15 is 0 Å². The number of nitrogens with one attached hydrogen (secondary N) is 1. The maximum absolute atomic E-state index is 13.1. The molecule has 0 spiro atoms. The third kappa shape index (κ3) is 4.45. The average Bonchev–Trinajstić information content (AvgIpc) is 2.88. The second-order valence-electron chi connectivity index (χ2n) is 5.59. The molecule has 1 aliphatic rings. The van der Waals surface area contributed by atoms with Crippen molar-refractivity contribution >= 4 is 34.5 Å². The Labute approximate surface area is 148 Å².